The Bertz CT molecular complexity index is 1230. The maximum Gasteiger partial charge on any atom is 0.258 e. The van der Waals surface area contributed by atoms with E-state index in [1.165, 1.54) is 51.7 Å². The summed E-state index contributed by atoms with van der Waals surface area (Å²) < 4.78 is 30.6. The molecule has 170 valence electrons. The molecule has 1 N–H and O–H groups in total. The molecule has 0 unspecified atom stereocenters. The van der Waals surface area contributed by atoms with Gasteiger partial charge in [-0.3, -0.25) is 9.59 Å². The van der Waals surface area contributed by atoms with Gasteiger partial charge < -0.3 is 19.5 Å². The van der Waals surface area contributed by atoms with E-state index in [-0.39, 0.29) is 11.3 Å². The Kier molecular flexibility index (Phi) is 7.84. The number of ether oxygens (including phenoxy) is 3. The second-order valence-electron chi connectivity index (χ2n) is 6.75. The lowest BCUT2D eigenvalue weighted by Gasteiger charge is -2.15. The number of amides is 1. The molecule has 0 bridgehead atoms. The fourth-order valence-corrected chi connectivity index (χ4v) is 3.78. The summed E-state index contributed by atoms with van der Waals surface area (Å²) in [6.07, 6.45) is 2.95. The first-order valence-corrected chi connectivity index (χ1v) is 10.6. The van der Waals surface area contributed by atoms with Crippen molar-refractivity contribution in [3.8, 4) is 17.2 Å². The molecule has 3 aromatic rings. The molecule has 0 radical (unpaired) electrons. The van der Waals surface area contributed by atoms with E-state index in [2.05, 4.69) is 21.2 Å². The lowest BCUT2D eigenvalue weighted by Crippen LogP contribution is -2.14. The number of halogens is 2. The van der Waals surface area contributed by atoms with Gasteiger partial charge in [-0.25, -0.2) is 4.39 Å². The van der Waals surface area contributed by atoms with E-state index < -0.39 is 11.7 Å². The van der Waals surface area contributed by atoms with Gasteiger partial charge in [-0.2, -0.15) is 0 Å². The first kappa shape index (κ1) is 24.0. The van der Waals surface area contributed by atoms with Crippen molar-refractivity contribution in [2.24, 2.45) is 0 Å². The summed E-state index contributed by atoms with van der Waals surface area (Å²) in [7, 11) is 4.53. The minimum absolute atomic E-state index is 0.0848. The zero-order chi connectivity index (χ0) is 24.0. The third-order valence-corrected chi connectivity index (χ3v) is 5.51. The van der Waals surface area contributed by atoms with Crippen molar-refractivity contribution in [3.63, 3.8) is 0 Å². The monoisotopic (exact) mass is 513 g/mol. The molecule has 0 aliphatic carbocycles. The first-order valence-electron chi connectivity index (χ1n) is 9.76. The minimum Gasteiger partial charge on any atom is -0.496 e. The van der Waals surface area contributed by atoms with E-state index in [9.17, 15) is 14.0 Å². The number of carbonyl (C=O) groups excluding carboxylic acids is 2. The van der Waals surface area contributed by atoms with Gasteiger partial charge >= 0.3 is 0 Å². The van der Waals surface area contributed by atoms with Gasteiger partial charge in [-0.15, -0.1) is 0 Å². The van der Waals surface area contributed by atoms with E-state index in [0.717, 1.165) is 0 Å². The van der Waals surface area contributed by atoms with E-state index >= 15 is 0 Å². The quantitative estimate of drug-likeness (QED) is 0.306. The van der Waals surface area contributed by atoms with Gasteiger partial charge in [0.15, 0.2) is 5.78 Å². The first-order chi connectivity index (χ1) is 15.9. The Morgan fingerprint density at radius 1 is 0.939 bits per heavy atom. The van der Waals surface area contributed by atoms with Gasteiger partial charge in [0.2, 0.25) is 0 Å². The zero-order valence-corrected chi connectivity index (χ0v) is 19.7. The number of nitrogens with one attached hydrogen (secondary N) is 1. The lowest BCUT2D eigenvalue weighted by molar-refractivity contribution is 0.101. The number of hydrogen-bond acceptors (Lipinski definition) is 5. The second kappa shape index (κ2) is 10.8. The SMILES string of the molecule is COc1cc(OC)c(/C=C/C(=O)c2cccc(NC(=O)c3ccccc3F)c2)c(OC)c1Br. The maximum absolute atomic E-state index is 13.9. The molecule has 0 saturated heterocycles. The van der Waals surface area contributed by atoms with Gasteiger partial charge in [0, 0.05) is 17.3 Å². The van der Waals surface area contributed by atoms with Crippen LogP contribution >= 0.6 is 15.9 Å². The molecule has 0 aliphatic rings. The van der Waals surface area contributed by atoms with Crippen LogP contribution in [0, 0.1) is 5.82 Å². The Hall–Kier alpha value is -3.65. The van der Waals surface area contributed by atoms with Crippen LogP contribution in [0.4, 0.5) is 10.1 Å². The van der Waals surface area contributed by atoms with Crippen LogP contribution in [-0.2, 0) is 0 Å². The number of rotatable bonds is 8. The molecule has 6 nitrogen and oxygen atoms in total. The molecule has 0 fully saturated rings. The van der Waals surface area contributed by atoms with E-state index in [0.29, 0.717) is 38.5 Å². The summed E-state index contributed by atoms with van der Waals surface area (Å²) in [5.74, 6) is -0.119. The molecule has 3 aromatic carbocycles. The average molecular weight is 514 g/mol. The van der Waals surface area contributed by atoms with Gasteiger partial charge in [0.25, 0.3) is 5.91 Å². The van der Waals surface area contributed by atoms with Gasteiger partial charge in [0.05, 0.1) is 32.5 Å². The molecular formula is C25H21BrFNO5. The number of benzene rings is 3. The summed E-state index contributed by atoms with van der Waals surface area (Å²) in [5.41, 5.74) is 1.16. The highest BCUT2D eigenvalue weighted by Gasteiger charge is 2.18. The maximum atomic E-state index is 13.9. The third-order valence-electron chi connectivity index (χ3n) is 4.76. The predicted molar refractivity (Wildman–Crippen MR) is 128 cm³/mol. The third kappa shape index (κ3) is 5.40. The molecule has 33 heavy (non-hydrogen) atoms. The molecule has 0 atom stereocenters. The van der Waals surface area contributed by atoms with E-state index in [1.807, 2.05) is 0 Å². The van der Waals surface area contributed by atoms with Crippen LogP contribution < -0.4 is 19.5 Å². The van der Waals surface area contributed by atoms with E-state index in [4.69, 9.17) is 14.2 Å². The number of methoxy groups -OCH3 is 3. The van der Waals surface area contributed by atoms with Crippen molar-refractivity contribution in [1.82, 2.24) is 0 Å². The number of anilines is 1. The smallest absolute Gasteiger partial charge is 0.258 e. The van der Waals surface area contributed by atoms with Crippen LogP contribution in [0.1, 0.15) is 26.3 Å². The standard InChI is InChI=1S/C25H21BrFNO5/c1-31-21-14-22(32-2)23(26)24(33-3)18(21)11-12-20(29)15-7-6-8-16(13-15)28-25(30)17-9-4-5-10-19(17)27/h4-14H,1-3H3,(H,28,30)/b12-11+. The zero-order valence-electron chi connectivity index (χ0n) is 18.1. The molecule has 0 aliphatic heterocycles. The summed E-state index contributed by atoms with van der Waals surface area (Å²) in [5, 5.41) is 2.61. The highest BCUT2D eigenvalue weighted by atomic mass is 79.9. The van der Waals surface area contributed by atoms with Crippen LogP contribution in [0.25, 0.3) is 6.08 Å². The number of allylic oxidation sites excluding steroid dienone is 1. The number of hydrogen-bond donors (Lipinski definition) is 1. The van der Waals surface area contributed by atoms with Crippen LogP contribution in [0.2, 0.25) is 0 Å². The van der Waals surface area contributed by atoms with Crippen molar-refractivity contribution < 1.29 is 28.2 Å². The topological polar surface area (TPSA) is 73.9 Å². The minimum atomic E-state index is -0.626. The molecule has 0 saturated carbocycles. The Morgan fingerprint density at radius 2 is 1.67 bits per heavy atom. The second-order valence-corrected chi connectivity index (χ2v) is 7.55. The Morgan fingerprint density at radius 3 is 2.33 bits per heavy atom. The van der Waals surface area contributed by atoms with Gasteiger partial charge in [-0.05, 0) is 52.3 Å². The van der Waals surface area contributed by atoms with Gasteiger partial charge in [-0.1, -0.05) is 24.3 Å². The molecule has 0 spiro atoms. The van der Waals surface area contributed by atoms with Crippen LogP contribution in [0.3, 0.4) is 0 Å². The average Bonchev–Trinajstić information content (AvgIpc) is 2.82. The van der Waals surface area contributed by atoms with Gasteiger partial charge in [0.1, 0.15) is 27.5 Å². The molecule has 0 aromatic heterocycles. The molecular weight excluding hydrogens is 493 g/mol. The molecule has 3 rings (SSSR count). The Labute approximate surface area is 199 Å². The fraction of sp³-hybridized carbons (Fsp3) is 0.120. The summed E-state index contributed by atoms with van der Waals surface area (Å²) in [6.45, 7) is 0. The highest BCUT2D eigenvalue weighted by Crippen LogP contribution is 2.43. The summed E-state index contributed by atoms with van der Waals surface area (Å²) in [6, 6.07) is 13.7. The number of carbonyl (C=O) groups is 2. The lowest BCUT2D eigenvalue weighted by atomic mass is 10.1. The fourth-order valence-electron chi connectivity index (χ4n) is 3.13. The largest absolute Gasteiger partial charge is 0.496 e. The Balaban J connectivity index is 1.85. The van der Waals surface area contributed by atoms with Crippen LogP contribution in [-0.4, -0.2) is 33.0 Å². The predicted octanol–water partition coefficient (Wildman–Crippen LogP) is 5.76. The van der Waals surface area contributed by atoms with Crippen molar-refractivity contribution in [3.05, 3.63) is 87.7 Å². The van der Waals surface area contributed by atoms with Crippen LogP contribution in [0.5, 0.6) is 17.2 Å². The summed E-state index contributed by atoms with van der Waals surface area (Å²) >= 11 is 3.43. The number of ketones is 1. The molecule has 1 amide bonds. The van der Waals surface area contributed by atoms with Crippen molar-refractivity contribution in [1.29, 1.82) is 0 Å². The summed E-state index contributed by atoms with van der Waals surface area (Å²) in [4.78, 5) is 25.2. The van der Waals surface area contributed by atoms with Crippen LogP contribution in [0.15, 0.2) is 65.1 Å². The molecule has 8 heteroatoms. The van der Waals surface area contributed by atoms with E-state index in [1.54, 1.807) is 36.4 Å². The van der Waals surface area contributed by atoms with Crippen molar-refractivity contribution in [2.75, 3.05) is 26.6 Å². The molecule has 0 heterocycles. The highest BCUT2D eigenvalue weighted by molar-refractivity contribution is 9.10. The van der Waals surface area contributed by atoms with Crippen molar-refractivity contribution >= 4 is 39.4 Å². The normalized spacial score (nSPS) is 10.7. The van der Waals surface area contributed by atoms with Crippen molar-refractivity contribution in [2.45, 2.75) is 0 Å².